The maximum atomic E-state index is 11.7. The van der Waals surface area contributed by atoms with E-state index in [0.29, 0.717) is 11.5 Å². The molecular formula is C23H24O4. The zero-order chi connectivity index (χ0) is 19.3. The number of aryl methyl sites for hydroxylation is 2. The molecule has 0 amide bonds. The standard InChI is InChI=1S/C23H24O4/c1-13-5-7-19(26-15(3)24)21-17(13)9-11-23(21)12-10-18-14(2)6-8-20(22(18)23)27-16(4)25/h5-8H,9-12H2,1-4H3. The first-order chi connectivity index (χ1) is 12.8. The highest BCUT2D eigenvalue weighted by atomic mass is 16.5. The number of rotatable bonds is 2. The predicted octanol–water partition coefficient (Wildman–Crippen LogP) is 4.33. The Hall–Kier alpha value is -2.62. The minimum absolute atomic E-state index is 0.266. The molecule has 2 aromatic rings. The second kappa shape index (κ2) is 6.22. The maximum Gasteiger partial charge on any atom is 0.308 e. The molecule has 4 heteroatoms. The summed E-state index contributed by atoms with van der Waals surface area (Å²) >= 11 is 0. The summed E-state index contributed by atoms with van der Waals surface area (Å²) in [6, 6.07) is 7.86. The lowest BCUT2D eigenvalue weighted by Gasteiger charge is -2.30. The molecule has 0 bridgehead atoms. The van der Waals surface area contributed by atoms with Gasteiger partial charge in [-0.25, -0.2) is 0 Å². The monoisotopic (exact) mass is 364 g/mol. The molecule has 2 aliphatic rings. The molecule has 0 aliphatic heterocycles. The largest absolute Gasteiger partial charge is 0.426 e. The van der Waals surface area contributed by atoms with Crippen molar-refractivity contribution < 1.29 is 19.1 Å². The summed E-state index contributed by atoms with van der Waals surface area (Å²) in [6.07, 6.45) is 3.74. The van der Waals surface area contributed by atoms with Crippen LogP contribution in [0.1, 0.15) is 60.1 Å². The maximum absolute atomic E-state index is 11.7. The van der Waals surface area contributed by atoms with Crippen molar-refractivity contribution in [3.63, 3.8) is 0 Å². The van der Waals surface area contributed by atoms with E-state index in [1.165, 1.54) is 36.1 Å². The van der Waals surface area contributed by atoms with Gasteiger partial charge in [0.2, 0.25) is 0 Å². The third-order valence-electron chi connectivity index (χ3n) is 6.09. The number of hydrogen-bond donors (Lipinski definition) is 0. The summed E-state index contributed by atoms with van der Waals surface area (Å²) in [5, 5.41) is 0. The van der Waals surface area contributed by atoms with Crippen LogP contribution in [0, 0.1) is 13.8 Å². The van der Waals surface area contributed by atoms with Crippen molar-refractivity contribution in [2.45, 2.75) is 58.8 Å². The normalized spacial score (nSPS) is 16.1. The third kappa shape index (κ3) is 2.66. The second-order valence-electron chi connectivity index (χ2n) is 7.74. The van der Waals surface area contributed by atoms with Gasteiger partial charge in [-0.1, -0.05) is 12.1 Å². The SMILES string of the molecule is CC(=O)Oc1ccc(C)c2c1C1(CC2)CCc2c(C)ccc(OC(C)=O)c21. The number of carbonyl (C=O) groups is 2. The van der Waals surface area contributed by atoms with E-state index in [-0.39, 0.29) is 17.4 Å². The molecule has 0 aromatic heterocycles. The Labute approximate surface area is 159 Å². The summed E-state index contributed by atoms with van der Waals surface area (Å²) in [6.45, 7) is 7.08. The molecule has 0 saturated carbocycles. The molecule has 1 spiro atoms. The topological polar surface area (TPSA) is 52.6 Å². The lowest BCUT2D eigenvalue weighted by atomic mass is 9.75. The average molecular weight is 364 g/mol. The fourth-order valence-electron chi connectivity index (χ4n) is 5.06. The molecule has 140 valence electrons. The van der Waals surface area contributed by atoms with E-state index in [2.05, 4.69) is 13.8 Å². The number of ether oxygens (including phenoxy) is 2. The van der Waals surface area contributed by atoms with Gasteiger partial charge in [-0.3, -0.25) is 9.59 Å². The van der Waals surface area contributed by atoms with Crippen LogP contribution in [0.15, 0.2) is 24.3 Å². The quantitative estimate of drug-likeness (QED) is 0.588. The first-order valence-electron chi connectivity index (χ1n) is 9.46. The van der Waals surface area contributed by atoms with E-state index >= 15 is 0 Å². The van der Waals surface area contributed by atoms with Gasteiger partial charge in [-0.15, -0.1) is 0 Å². The Kier molecular flexibility index (Phi) is 4.10. The first-order valence-corrected chi connectivity index (χ1v) is 9.46. The van der Waals surface area contributed by atoms with E-state index in [1.807, 2.05) is 24.3 Å². The molecule has 2 aromatic carbocycles. The number of esters is 2. The van der Waals surface area contributed by atoms with Gasteiger partial charge < -0.3 is 9.47 Å². The summed E-state index contributed by atoms with van der Waals surface area (Å²) in [7, 11) is 0. The molecule has 0 radical (unpaired) electrons. The van der Waals surface area contributed by atoms with Crippen LogP contribution in [0.5, 0.6) is 11.5 Å². The molecule has 4 nitrogen and oxygen atoms in total. The Morgan fingerprint density at radius 1 is 0.778 bits per heavy atom. The van der Waals surface area contributed by atoms with Crippen LogP contribution < -0.4 is 9.47 Å². The molecule has 27 heavy (non-hydrogen) atoms. The third-order valence-corrected chi connectivity index (χ3v) is 6.09. The molecule has 0 unspecified atom stereocenters. The Morgan fingerprint density at radius 3 is 1.56 bits per heavy atom. The number of hydrogen-bond acceptors (Lipinski definition) is 4. The van der Waals surface area contributed by atoms with Crippen LogP contribution in [-0.4, -0.2) is 11.9 Å². The fraction of sp³-hybridized carbons (Fsp3) is 0.391. The highest BCUT2D eigenvalue weighted by Crippen LogP contribution is 2.58. The van der Waals surface area contributed by atoms with E-state index < -0.39 is 0 Å². The van der Waals surface area contributed by atoms with Gasteiger partial charge in [0.25, 0.3) is 0 Å². The fourth-order valence-corrected chi connectivity index (χ4v) is 5.06. The van der Waals surface area contributed by atoms with Gasteiger partial charge >= 0.3 is 11.9 Å². The zero-order valence-electron chi connectivity index (χ0n) is 16.3. The molecule has 2 aliphatic carbocycles. The molecule has 0 fully saturated rings. The number of benzene rings is 2. The van der Waals surface area contributed by atoms with Crippen molar-refractivity contribution in [3.05, 3.63) is 57.6 Å². The molecule has 0 heterocycles. The van der Waals surface area contributed by atoms with Crippen LogP contribution >= 0.6 is 0 Å². The summed E-state index contributed by atoms with van der Waals surface area (Å²) < 4.78 is 11.2. The van der Waals surface area contributed by atoms with Crippen molar-refractivity contribution in [1.29, 1.82) is 0 Å². The van der Waals surface area contributed by atoms with Crippen LogP contribution in [0.3, 0.4) is 0 Å². The van der Waals surface area contributed by atoms with Crippen LogP contribution in [-0.2, 0) is 27.8 Å². The van der Waals surface area contributed by atoms with Gasteiger partial charge in [0.15, 0.2) is 0 Å². The van der Waals surface area contributed by atoms with Crippen molar-refractivity contribution in [1.82, 2.24) is 0 Å². The van der Waals surface area contributed by atoms with E-state index in [0.717, 1.165) is 36.8 Å². The van der Waals surface area contributed by atoms with Gasteiger partial charge in [-0.2, -0.15) is 0 Å². The smallest absolute Gasteiger partial charge is 0.308 e. The van der Waals surface area contributed by atoms with Crippen molar-refractivity contribution in [2.75, 3.05) is 0 Å². The molecule has 4 rings (SSSR count). The van der Waals surface area contributed by atoms with Crippen molar-refractivity contribution in [2.24, 2.45) is 0 Å². The average Bonchev–Trinajstić information content (AvgIpc) is 3.17. The molecule has 0 N–H and O–H groups in total. The van der Waals surface area contributed by atoms with Gasteiger partial charge in [0.1, 0.15) is 11.5 Å². The minimum Gasteiger partial charge on any atom is -0.426 e. The Balaban J connectivity index is 1.99. The second-order valence-corrected chi connectivity index (χ2v) is 7.74. The van der Waals surface area contributed by atoms with E-state index in [4.69, 9.17) is 9.47 Å². The predicted molar refractivity (Wildman–Crippen MR) is 102 cm³/mol. The van der Waals surface area contributed by atoms with Crippen molar-refractivity contribution >= 4 is 11.9 Å². The highest BCUT2D eigenvalue weighted by molar-refractivity contribution is 5.74. The first kappa shape index (κ1) is 17.8. The molecular weight excluding hydrogens is 340 g/mol. The molecule has 0 saturated heterocycles. The van der Waals surface area contributed by atoms with Gasteiger partial charge in [0, 0.05) is 30.4 Å². The number of carbonyl (C=O) groups excluding carboxylic acids is 2. The number of fused-ring (bicyclic) bond motifs is 4. The lowest BCUT2D eigenvalue weighted by molar-refractivity contribution is -0.132. The van der Waals surface area contributed by atoms with Gasteiger partial charge in [0.05, 0.1) is 0 Å². The zero-order valence-corrected chi connectivity index (χ0v) is 16.3. The Morgan fingerprint density at radius 2 is 1.19 bits per heavy atom. The van der Waals surface area contributed by atoms with Crippen LogP contribution in [0.25, 0.3) is 0 Å². The summed E-state index contributed by atoms with van der Waals surface area (Å²) in [5.74, 6) is 0.656. The van der Waals surface area contributed by atoms with Crippen LogP contribution in [0.4, 0.5) is 0 Å². The van der Waals surface area contributed by atoms with Crippen molar-refractivity contribution in [3.8, 4) is 11.5 Å². The van der Waals surface area contributed by atoms with Gasteiger partial charge in [-0.05, 0) is 73.9 Å². The summed E-state index contributed by atoms with van der Waals surface area (Å²) in [5.41, 5.74) is 6.90. The summed E-state index contributed by atoms with van der Waals surface area (Å²) in [4.78, 5) is 23.4. The molecule has 0 atom stereocenters. The minimum atomic E-state index is -0.314. The van der Waals surface area contributed by atoms with E-state index in [1.54, 1.807) is 0 Å². The lowest BCUT2D eigenvalue weighted by Crippen LogP contribution is -2.24. The Bertz CT molecular complexity index is 891. The van der Waals surface area contributed by atoms with E-state index in [9.17, 15) is 9.59 Å². The highest BCUT2D eigenvalue weighted by Gasteiger charge is 2.49. The van der Waals surface area contributed by atoms with Crippen LogP contribution in [0.2, 0.25) is 0 Å².